The first-order valence-corrected chi connectivity index (χ1v) is 6.11. The number of carbonyl (C=O) groups excluding carboxylic acids is 1. The molecule has 4 nitrogen and oxygen atoms in total. The lowest BCUT2D eigenvalue weighted by atomic mass is 10.1. The largest absolute Gasteiger partial charge is 0.323 e. The fourth-order valence-electron chi connectivity index (χ4n) is 1.43. The van der Waals surface area contributed by atoms with Crippen LogP contribution in [0.4, 0.5) is 5.69 Å². The molecule has 1 atom stereocenters. The number of aryl methyl sites for hydroxylation is 1. The summed E-state index contributed by atoms with van der Waals surface area (Å²) in [6.45, 7) is 3.93. The number of carbonyl (C=O) groups is 1. The molecule has 0 saturated carbocycles. The summed E-state index contributed by atoms with van der Waals surface area (Å²) in [5.74, 6) is -0.175. The second-order valence-corrected chi connectivity index (χ2v) is 4.45. The van der Waals surface area contributed by atoms with Crippen molar-refractivity contribution in [2.24, 2.45) is 5.73 Å². The zero-order valence-corrected chi connectivity index (χ0v) is 10.9. The number of nitrogens with zero attached hydrogens (tertiary/aromatic N) is 1. The second-order valence-electron chi connectivity index (χ2n) is 4.06. The quantitative estimate of drug-likeness (QED) is 0.795. The number of unbranched alkanes of at least 4 members (excludes halogenated alkanes) is 1. The van der Waals surface area contributed by atoms with Gasteiger partial charge in [-0.05, 0) is 25.0 Å². The standard InChI is InChI=1S/C12H18ClN3O/c1-3-4-5-9(14)12(17)16-10-7-15-11(13)6-8(10)2/h6-7,9H,3-5,14H2,1-2H3,(H,16,17)/t9-/m0/s1. The first-order chi connectivity index (χ1) is 8.04. The molecule has 1 rings (SSSR count). The van der Waals surface area contributed by atoms with Crippen LogP contribution < -0.4 is 11.1 Å². The Kier molecular flexibility index (Phi) is 5.38. The summed E-state index contributed by atoms with van der Waals surface area (Å²) in [6, 6.07) is 1.24. The maximum absolute atomic E-state index is 11.8. The second kappa shape index (κ2) is 6.57. The lowest BCUT2D eigenvalue weighted by Gasteiger charge is -2.13. The number of nitrogens with two attached hydrogens (primary N) is 1. The fraction of sp³-hybridized carbons (Fsp3) is 0.500. The number of rotatable bonds is 5. The molecule has 0 saturated heterocycles. The Bertz CT molecular complexity index is 395. The molecule has 17 heavy (non-hydrogen) atoms. The van der Waals surface area contributed by atoms with Crippen molar-refractivity contribution in [3.8, 4) is 0 Å². The molecule has 1 aromatic heterocycles. The Hall–Kier alpha value is -1.13. The summed E-state index contributed by atoms with van der Waals surface area (Å²) in [6.07, 6.45) is 4.22. The number of amides is 1. The molecule has 0 aliphatic heterocycles. The zero-order chi connectivity index (χ0) is 12.8. The summed E-state index contributed by atoms with van der Waals surface area (Å²) in [4.78, 5) is 15.7. The maximum atomic E-state index is 11.8. The van der Waals surface area contributed by atoms with Gasteiger partial charge < -0.3 is 11.1 Å². The molecular weight excluding hydrogens is 238 g/mol. The molecule has 0 radical (unpaired) electrons. The lowest BCUT2D eigenvalue weighted by molar-refractivity contribution is -0.117. The van der Waals surface area contributed by atoms with Crippen LogP contribution in [-0.2, 0) is 4.79 Å². The molecule has 5 heteroatoms. The van der Waals surface area contributed by atoms with Gasteiger partial charge in [0.1, 0.15) is 5.15 Å². The van der Waals surface area contributed by atoms with Crippen LogP contribution in [0.5, 0.6) is 0 Å². The molecule has 0 aliphatic rings. The summed E-state index contributed by atoms with van der Waals surface area (Å²) in [5.41, 5.74) is 7.31. The highest BCUT2D eigenvalue weighted by atomic mass is 35.5. The van der Waals surface area contributed by atoms with Gasteiger partial charge in [0, 0.05) is 0 Å². The van der Waals surface area contributed by atoms with Crippen LogP contribution in [0.25, 0.3) is 0 Å². The van der Waals surface area contributed by atoms with E-state index < -0.39 is 6.04 Å². The Labute approximate surface area is 107 Å². The molecule has 0 bridgehead atoms. The molecule has 0 unspecified atom stereocenters. The van der Waals surface area contributed by atoms with Crippen LogP contribution >= 0.6 is 11.6 Å². The number of pyridine rings is 1. The highest BCUT2D eigenvalue weighted by Gasteiger charge is 2.13. The molecule has 94 valence electrons. The Morgan fingerprint density at radius 1 is 1.65 bits per heavy atom. The van der Waals surface area contributed by atoms with Crippen LogP contribution in [0.15, 0.2) is 12.3 Å². The van der Waals surface area contributed by atoms with Gasteiger partial charge in [-0.2, -0.15) is 0 Å². The third-order valence-corrected chi connectivity index (χ3v) is 2.75. The fourth-order valence-corrected chi connectivity index (χ4v) is 1.65. The minimum atomic E-state index is -0.468. The number of hydrogen-bond donors (Lipinski definition) is 2. The topological polar surface area (TPSA) is 68.0 Å². The highest BCUT2D eigenvalue weighted by Crippen LogP contribution is 2.17. The van der Waals surface area contributed by atoms with Crippen molar-refractivity contribution in [3.05, 3.63) is 23.0 Å². The van der Waals surface area contributed by atoms with Crippen LogP contribution in [-0.4, -0.2) is 16.9 Å². The van der Waals surface area contributed by atoms with Gasteiger partial charge in [0.25, 0.3) is 0 Å². The number of anilines is 1. The van der Waals surface area contributed by atoms with E-state index in [-0.39, 0.29) is 5.91 Å². The van der Waals surface area contributed by atoms with E-state index in [1.807, 2.05) is 6.92 Å². The van der Waals surface area contributed by atoms with Crippen LogP contribution in [0.3, 0.4) is 0 Å². The van der Waals surface area contributed by atoms with Gasteiger partial charge in [-0.25, -0.2) is 4.98 Å². The monoisotopic (exact) mass is 255 g/mol. The van der Waals surface area contributed by atoms with Gasteiger partial charge in [0.15, 0.2) is 0 Å². The van der Waals surface area contributed by atoms with E-state index in [2.05, 4.69) is 17.2 Å². The minimum absolute atomic E-state index is 0.175. The maximum Gasteiger partial charge on any atom is 0.241 e. The van der Waals surface area contributed by atoms with Gasteiger partial charge in [-0.15, -0.1) is 0 Å². The van der Waals surface area contributed by atoms with Crippen molar-refractivity contribution in [3.63, 3.8) is 0 Å². The van der Waals surface area contributed by atoms with Gasteiger partial charge in [-0.1, -0.05) is 31.4 Å². The number of aromatic nitrogens is 1. The zero-order valence-electron chi connectivity index (χ0n) is 10.2. The van der Waals surface area contributed by atoms with E-state index in [4.69, 9.17) is 17.3 Å². The van der Waals surface area contributed by atoms with Crippen molar-refractivity contribution >= 4 is 23.2 Å². The van der Waals surface area contributed by atoms with Crippen molar-refractivity contribution in [2.45, 2.75) is 39.2 Å². The number of nitrogens with one attached hydrogen (secondary N) is 1. The molecule has 1 aromatic rings. The summed E-state index contributed by atoms with van der Waals surface area (Å²) in [5, 5.41) is 3.17. The van der Waals surface area contributed by atoms with Crippen molar-refractivity contribution in [2.75, 3.05) is 5.32 Å². The Morgan fingerprint density at radius 2 is 2.35 bits per heavy atom. The SMILES string of the molecule is CCCC[C@H](N)C(=O)Nc1cnc(Cl)cc1C. The molecule has 0 fully saturated rings. The summed E-state index contributed by atoms with van der Waals surface area (Å²) in [7, 11) is 0. The predicted molar refractivity (Wildman–Crippen MR) is 70.1 cm³/mol. The van der Waals surface area contributed by atoms with Crippen molar-refractivity contribution in [1.29, 1.82) is 0 Å². The molecule has 1 amide bonds. The first kappa shape index (κ1) is 13.9. The van der Waals surface area contributed by atoms with Crippen LogP contribution in [0.1, 0.15) is 31.7 Å². The predicted octanol–water partition coefficient (Wildman–Crippen LogP) is 2.50. The number of hydrogen-bond acceptors (Lipinski definition) is 3. The molecular formula is C12H18ClN3O. The Balaban J connectivity index is 2.61. The van der Waals surface area contributed by atoms with E-state index in [1.165, 1.54) is 0 Å². The van der Waals surface area contributed by atoms with E-state index in [0.29, 0.717) is 17.3 Å². The van der Waals surface area contributed by atoms with Gasteiger partial charge >= 0.3 is 0 Å². The van der Waals surface area contributed by atoms with Crippen molar-refractivity contribution in [1.82, 2.24) is 4.98 Å². The summed E-state index contributed by atoms with van der Waals surface area (Å²) < 4.78 is 0. The Morgan fingerprint density at radius 3 is 2.94 bits per heavy atom. The van der Waals surface area contributed by atoms with Gasteiger partial charge in [0.05, 0.1) is 17.9 Å². The molecule has 3 N–H and O–H groups in total. The molecule has 0 aliphatic carbocycles. The van der Waals surface area contributed by atoms with Gasteiger partial charge in [0.2, 0.25) is 5.91 Å². The normalized spacial score (nSPS) is 12.2. The van der Waals surface area contributed by atoms with E-state index in [9.17, 15) is 4.79 Å². The smallest absolute Gasteiger partial charge is 0.241 e. The molecule has 0 aromatic carbocycles. The third kappa shape index (κ3) is 4.32. The van der Waals surface area contributed by atoms with E-state index in [1.54, 1.807) is 12.3 Å². The van der Waals surface area contributed by atoms with E-state index >= 15 is 0 Å². The van der Waals surface area contributed by atoms with Gasteiger partial charge in [-0.3, -0.25) is 4.79 Å². The number of halogens is 1. The molecule has 1 heterocycles. The summed E-state index contributed by atoms with van der Waals surface area (Å²) >= 11 is 5.74. The van der Waals surface area contributed by atoms with Crippen LogP contribution in [0.2, 0.25) is 5.15 Å². The third-order valence-electron chi connectivity index (χ3n) is 2.54. The molecule has 0 spiro atoms. The van der Waals surface area contributed by atoms with E-state index in [0.717, 1.165) is 18.4 Å². The highest BCUT2D eigenvalue weighted by molar-refractivity contribution is 6.29. The lowest BCUT2D eigenvalue weighted by Crippen LogP contribution is -2.35. The van der Waals surface area contributed by atoms with Crippen LogP contribution in [0, 0.1) is 6.92 Å². The first-order valence-electron chi connectivity index (χ1n) is 5.73. The average Bonchev–Trinajstić information content (AvgIpc) is 2.29. The minimum Gasteiger partial charge on any atom is -0.323 e. The van der Waals surface area contributed by atoms with Crippen molar-refractivity contribution < 1.29 is 4.79 Å². The average molecular weight is 256 g/mol.